The van der Waals surface area contributed by atoms with Crippen LogP contribution in [0.15, 0.2) is 0 Å². The summed E-state index contributed by atoms with van der Waals surface area (Å²) < 4.78 is 42.8. The Bertz CT molecular complexity index is 541. The number of phosphoric ester groups is 1. The van der Waals surface area contributed by atoms with Crippen molar-refractivity contribution in [2.75, 3.05) is 26.4 Å². The summed E-state index contributed by atoms with van der Waals surface area (Å²) in [6.45, 7) is -2.43. The molecule has 0 bridgehead atoms. The van der Waals surface area contributed by atoms with Gasteiger partial charge in [-0.3, -0.25) is 0 Å². The molecule has 0 saturated carbocycles. The second-order valence-corrected chi connectivity index (χ2v) is 15.5. The van der Waals surface area contributed by atoms with Gasteiger partial charge in [-0.25, -0.2) is 0 Å². The summed E-state index contributed by atoms with van der Waals surface area (Å²) in [5, 5.41) is 47.3. The first-order valence-corrected chi connectivity index (χ1v) is 15.4. The van der Waals surface area contributed by atoms with Crippen molar-refractivity contribution in [2.45, 2.75) is 53.4 Å². The fraction of sp³-hybridized carbons (Fsp3) is 1.00. The van der Waals surface area contributed by atoms with Gasteiger partial charge in [0, 0.05) is 0 Å². The molecule has 14 heteroatoms. The number of aliphatic hydroxyl groups is 5. The molecule has 27 heavy (non-hydrogen) atoms. The second kappa shape index (κ2) is 10.8. The monoisotopic (exact) mass is 482 g/mol. The third kappa shape index (κ3) is 9.49. The molecule has 1 fully saturated rings. The standard InChI is InChI=1S/C13H28AsO12P/c1-14(2,20)3-10-11(18)12(19)13(26-10)23-5-9(17)7-25-27(21,22)24-6-8(16)4-15/h8-13,15-19H,3-7H2,1-2H3,(H,21,22)/t8?,9?,10-,11+,12?,13?/m1/s1. The Balaban J connectivity index is 2.38. The Morgan fingerprint density at radius 1 is 1.07 bits per heavy atom. The van der Waals surface area contributed by atoms with Crippen molar-refractivity contribution in [3.05, 3.63) is 0 Å². The quantitative estimate of drug-likeness (QED) is 0.132. The van der Waals surface area contributed by atoms with Crippen molar-refractivity contribution >= 4 is 21.3 Å². The van der Waals surface area contributed by atoms with Gasteiger partial charge in [-0.05, 0) is 0 Å². The Morgan fingerprint density at radius 3 is 2.15 bits per heavy atom. The molecule has 5 unspecified atom stereocenters. The molecule has 1 aliphatic heterocycles. The van der Waals surface area contributed by atoms with Crippen LogP contribution >= 0.6 is 7.82 Å². The first kappa shape index (κ1) is 25.2. The van der Waals surface area contributed by atoms with E-state index in [4.69, 9.17) is 19.7 Å². The van der Waals surface area contributed by atoms with Gasteiger partial charge in [-0.1, -0.05) is 0 Å². The average Bonchev–Trinajstić information content (AvgIpc) is 2.82. The number of rotatable bonds is 12. The minimum atomic E-state index is -4.55. The molecule has 0 aliphatic carbocycles. The Morgan fingerprint density at radius 2 is 1.63 bits per heavy atom. The molecule has 1 heterocycles. The third-order valence-electron chi connectivity index (χ3n) is 3.46. The van der Waals surface area contributed by atoms with E-state index in [-0.39, 0.29) is 5.21 Å². The summed E-state index contributed by atoms with van der Waals surface area (Å²) in [5.74, 6) is 0. The van der Waals surface area contributed by atoms with E-state index in [9.17, 15) is 28.5 Å². The van der Waals surface area contributed by atoms with Crippen molar-refractivity contribution in [3.8, 4) is 0 Å². The molecular formula is C13H28AsO12P. The number of ether oxygens (including phenoxy) is 2. The third-order valence-corrected chi connectivity index (χ3v) is 7.01. The van der Waals surface area contributed by atoms with Gasteiger partial charge in [-0.15, -0.1) is 0 Å². The van der Waals surface area contributed by atoms with Crippen LogP contribution in [0.2, 0.25) is 16.6 Å². The van der Waals surface area contributed by atoms with Gasteiger partial charge in [-0.2, -0.15) is 0 Å². The van der Waals surface area contributed by atoms with Crippen LogP contribution in [0, 0.1) is 0 Å². The van der Waals surface area contributed by atoms with E-state index in [1.165, 1.54) is 0 Å². The predicted octanol–water partition coefficient (Wildman–Crippen LogP) is -2.07. The molecule has 1 aliphatic rings. The van der Waals surface area contributed by atoms with Gasteiger partial charge < -0.3 is 10.2 Å². The molecule has 12 nitrogen and oxygen atoms in total. The molecule has 0 amide bonds. The maximum atomic E-state index is 11.9. The molecule has 0 aromatic carbocycles. The van der Waals surface area contributed by atoms with Gasteiger partial charge in [0.15, 0.2) is 0 Å². The minimum absolute atomic E-state index is 0.104. The summed E-state index contributed by atoms with van der Waals surface area (Å²) >= 11 is -3.13. The molecule has 162 valence electrons. The zero-order valence-electron chi connectivity index (χ0n) is 15.0. The molecule has 6 N–H and O–H groups in total. The fourth-order valence-electron chi connectivity index (χ4n) is 2.14. The van der Waals surface area contributed by atoms with Gasteiger partial charge >= 0.3 is 136 Å². The Hall–Kier alpha value is 0.188. The summed E-state index contributed by atoms with van der Waals surface area (Å²) in [6.07, 6.45) is -7.57. The molecule has 0 spiro atoms. The molecule has 7 atom stereocenters. The number of phosphoric acid groups is 1. The van der Waals surface area contributed by atoms with Gasteiger partial charge in [0.1, 0.15) is 6.10 Å². The van der Waals surface area contributed by atoms with E-state index < -0.39 is 84.6 Å². The average molecular weight is 482 g/mol. The van der Waals surface area contributed by atoms with E-state index in [2.05, 4.69) is 9.05 Å². The van der Waals surface area contributed by atoms with Crippen molar-refractivity contribution in [1.29, 1.82) is 0 Å². The van der Waals surface area contributed by atoms with Crippen molar-refractivity contribution in [2.24, 2.45) is 0 Å². The van der Waals surface area contributed by atoms with Crippen LogP contribution in [-0.2, 0) is 26.8 Å². The van der Waals surface area contributed by atoms with Gasteiger partial charge in [0.25, 0.3) is 0 Å². The molecular weight excluding hydrogens is 454 g/mol. The van der Waals surface area contributed by atoms with Crippen LogP contribution in [0.3, 0.4) is 0 Å². The Kier molecular flexibility index (Phi) is 10.1. The number of aliphatic hydroxyl groups excluding tert-OH is 5. The summed E-state index contributed by atoms with van der Waals surface area (Å²) in [5.41, 5.74) is 3.15. The molecule has 0 aromatic rings. The van der Waals surface area contributed by atoms with Crippen molar-refractivity contribution in [1.82, 2.24) is 0 Å². The van der Waals surface area contributed by atoms with Gasteiger partial charge in [0.2, 0.25) is 0 Å². The molecule has 0 aromatic heterocycles. The van der Waals surface area contributed by atoms with Crippen LogP contribution in [0.1, 0.15) is 0 Å². The van der Waals surface area contributed by atoms with Crippen LogP contribution in [0.4, 0.5) is 0 Å². The predicted molar refractivity (Wildman–Crippen MR) is 90.4 cm³/mol. The zero-order chi connectivity index (χ0) is 20.8. The Labute approximate surface area is 158 Å². The maximum absolute atomic E-state index is 11.9. The van der Waals surface area contributed by atoms with E-state index in [1.807, 2.05) is 0 Å². The van der Waals surface area contributed by atoms with Crippen molar-refractivity contribution < 1.29 is 57.3 Å². The summed E-state index contributed by atoms with van der Waals surface area (Å²) in [6, 6.07) is 0. The van der Waals surface area contributed by atoms with Crippen LogP contribution in [0.5, 0.6) is 0 Å². The zero-order valence-corrected chi connectivity index (χ0v) is 17.8. The van der Waals surface area contributed by atoms with E-state index in [0.717, 1.165) is 0 Å². The van der Waals surface area contributed by atoms with Crippen LogP contribution in [-0.4, -0.2) is 107 Å². The summed E-state index contributed by atoms with van der Waals surface area (Å²) in [7, 11) is -4.55. The molecule has 0 radical (unpaired) electrons. The fourth-order valence-corrected chi connectivity index (χ4v) is 5.39. The topological polar surface area (TPSA) is 192 Å². The second-order valence-electron chi connectivity index (χ2n) is 6.66. The first-order chi connectivity index (χ1) is 12.3. The van der Waals surface area contributed by atoms with Crippen LogP contribution < -0.4 is 0 Å². The normalized spacial score (nSPS) is 30.8. The SMILES string of the molecule is C[As](C)(=O)C[C@H]1OC(OCC(O)COP(=O)(O)OCC(O)CO)C(O)[C@H]1O. The van der Waals surface area contributed by atoms with Gasteiger partial charge in [0.05, 0.1) is 6.61 Å². The van der Waals surface area contributed by atoms with E-state index in [0.29, 0.717) is 0 Å². The van der Waals surface area contributed by atoms with E-state index >= 15 is 0 Å². The van der Waals surface area contributed by atoms with Crippen LogP contribution in [0.25, 0.3) is 0 Å². The molecule has 1 saturated heterocycles. The summed E-state index contributed by atoms with van der Waals surface area (Å²) in [4.78, 5) is 9.35. The van der Waals surface area contributed by atoms with E-state index in [1.54, 1.807) is 11.4 Å². The first-order valence-electron chi connectivity index (χ1n) is 8.10. The van der Waals surface area contributed by atoms with Crippen molar-refractivity contribution in [3.63, 3.8) is 0 Å². The number of hydrogen-bond donors (Lipinski definition) is 6. The number of hydrogen-bond acceptors (Lipinski definition) is 11. The molecule has 1 rings (SSSR count).